The molecule has 1 heterocycles. The summed E-state index contributed by atoms with van der Waals surface area (Å²) in [5.41, 5.74) is 0. The van der Waals surface area contributed by atoms with Crippen LogP contribution >= 0.6 is 0 Å². The van der Waals surface area contributed by atoms with Crippen LogP contribution in [0.25, 0.3) is 0 Å². The molecule has 58 valence electrons. The zero-order valence-corrected chi connectivity index (χ0v) is 6.13. The van der Waals surface area contributed by atoms with E-state index in [-0.39, 0.29) is 5.97 Å². The lowest BCUT2D eigenvalue weighted by atomic mass is 10.3. The average Bonchev–Trinajstić information content (AvgIpc) is 2.71. The van der Waals surface area contributed by atoms with Crippen LogP contribution in [-0.4, -0.2) is 25.3 Å². The van der Waals surface area contributed by atoms with Crippen LogP contribution in [0.4, 0.5) is 0 Å². The quantitative estimate of drug-likeness (QED) is 0.431. The summed E-state index contributed by atoms with van der Waals surface area (Å²) in [6, 6.07) is 0. The molecule has 0 spiro atoms. The minimum absolute atomic E-state index is 0.124. The van der Waals surface area contributed by atoms with Gasteiger partial charge in [0.15, 0.2) is 0 Å². The van der Waals surface area contributed by atoms with Crippen molar-refractivity contribution >= 4 is 5.97 Å². The molecular formula is C7H12O3. The monoisotopic (exact) mass is 144 g/mol. The fourth-order valence-electron chi connectivity index (χ4n) is 0.641. The summed E-state index contributed by atoms with van der Waals surface area (Å²) in [6.45, 7) is 3.14. The number of epoxide rings is 1. The minimum atomic E-state index is -0.124. The Labute approximate surface area is 60.3 Å². The van der Waals surface area contributed by atoms with Gasteiger partial charge in [-0.3, -0.25) is 4.79 Å². The molecule has 1 unspecified atom stereocenters. The number of hydrogen-bond acceptors (Lipinski definition) is 3. The largest absolute Gasteiger partial charge is 0.466 e. The van der Waals surface area contributed by atoms with E-state index in [0.29, 0.717) is 19.1 Å². The summed E-state index contributed by atoms with van der Waals surface area (Å²) >= 11 is 0. The van der Waals surface area contributed by atoms with Crippen molar-refractivity contribution in [1.82, 2.24) is 0 Å². The molecule has 1 atom stereocenters. The van der Waals surface area contributed by atoms with Gasteiger partial charge in [-0.15, -0.1) is 0 Å². The van der Waals surface area contributed by atoms with Crippen molar-refractivity contribution in [2.45, 2.75) is 25.9 Å². The molecular weight excluding hydrogens is 132 g/mol. The lowest BCUT2D eigenvalue weighted by Crippen LogP contribution is -2.05. The standard InChI is InChI=1S/C7H12O3/c1-2-7(8)9-4-3-6-5-10-6/h6H,2-5H2,1H3. The first kappa shape index (κ1) is 7.54. The highest BCUT2D eigenvalue weighted by atomic mass is 16.6. The van der Waals surface area contributed by atoms with Gasteiger partial charge in [0.25, 0.3) is 0 Å². The Balaban J connectivity index is 1.88. The fraction of sp³-hybridized carbons (Fsp3) is 0.857. The Morgan fingerprint density at radius 1 is 1.80 bits per heavy atom. The molecule has 10 heavy (non-hydrogen) atoms. The molecule has 1 aliphatic heterocycles. The van der Waals surface area contributed by atoms with E-state index in [0.717, 1.165) is 13.0 Å². The van der Waals surface area contributed by atoms with Gasteiger partial charge in [0.2, 0.25) is 0 Å². The Hall–Kier alpha value is -0.570. The molecule has 3 nitrogen and oxygen atoms in total. The van der Waals surface area contributed by atoms with Gasteiger partial charge in [-0.2, -0.15) is 0 Å². The van der Waals surface area contributed by atoms with Gasteiger partial charge >= 0.3 is 5.97 Å². The molecule has 0 radical (unpaired) electrons. The molecule has 0 aromatic rings. The van der Waals surface area contributed by atoms with E-state index < -0.39 is 0 Å². The molecule has 0 aromatic heterocycles. The maximum absolute atomic E-state index is 10.6. The van der Waals surface area contributed by atoms with E-state index in [9.17, 15) is 4.79 Å². The van der Waals surface area contributed by atoms with Gasteiger partial charge in [0, 0.05) is 12.8 Å². The lowest BCUT2D eigenvalue weighted by Gasteiger charge is -1.99. The molecule has 3 heteroatoms. The number of ether oxygens (including phenoxy) is 2. The number of hydrogen-bond donors (Lipinski definition) is 0. The third kappa shape index (κ3) is 2.82. The van der Waals surface area contributed by atoms with Gasteiger partial charge in [-0.1, -0.05) is 6.92 Å². The zero-order valence-electron chi connectivity index (χ0n) is 6.13. The maximum Gasteiger partial charge on any atom is 0.305 e. The van der Waals surface area contributed by atoms with E-state index in [2.05, 4.69) is 0 Å². The predicted octanol–water partition coefficient (Wildman–Crippen LogP) is 0.729. The normalized spacial score (nSPS) is 22.3. The Kier molecular flexibility index (Phi) is 2.68. The average molecular weight is 144 g/mol. The van der Waals surface area contributed by atoms with Gasteiger partial charge in [0.1, 0.15) is 0 Å². The third-order valence-electron chi connectivity index (χ3n) is 1.39. The van der Waals surface area contributed by atoms with Crippen LogP contribution in [0, 0.1) is 0 Å². The molecule has 0 saturated carbocycles. The third-order valence-corrected chi connectivity index (χ3v) is 1.39. The first-order chi connectivity index (χ1) is 4.83. The van der Waals surface area contributed by atoms with Crippen molar-refractivity contribution in [3.63, 3.8) is 0 Å². The summed E-state index contributed by atoms with van der Waals surface area (Å²) in [6.07, 6.45) is 1.68. The number of carbonyl (C=O) groups is 1. The zero-order chi connectivity index (χ0) is 7.40. The highest BCUT2D eigenvalue weighted by Crippen LogP contribution is 2.12. The Morgan fingerprint density at radius 2 is 2.50 bits per heavy atom. The van der Waals surface area contributed by atoms with Crippen LogP contribution in [0.5, 0.6) is 0 Å². The second-order valence-electron chi connectivity index (χ2n) is 2.32. The van der Waals surface area contributed by atoms with Crippen LogP contribution in [-0.2, 0) is 14.3 Å². The summed E-state index contributed by atoms with van der Waals surface area (Å²) in [4.78, 5) is 10.6. The topological polar surface area (TPSA) is 38.8 Å². The van der Waals surface area contributed by atoms with Crippen molar-refractivity contribution in [1.29, 1.82) is 0 Å². The van der Waals surface area contributed by atoms with Crippen LogP contribution in [0.3, 0.4) is 0 Å². The van der Waals surface area contributed by atoms with Crippen molar-refractivity contribution < 1.29 is 14.3 Å². The van der Waals surface area contributed by atoms with Crippen LogP contribution < -0.4 is 0 Å². The molecule has 0 aromatic carbocycles. The fourth-order valence-corrected chi connectivity index (χ4v) is 0.641. The van der Waals surface area contributed by atoms with Crippen LogP contribution in [0.1, 0.15) is 19.8 Å². The molecule has 0 bridgehead atoms. The molecule has 1 fully saturated rings. The highest BCUT2D eigenvalue weighted by molar-refractivity contribution is 5.68. The van der Waals surface area contributed by atoms with E-state index in [1.54, 1.807) is 6.92 Å². The lowest BCUT2D eigenvalue weighted by molar-refractivity contribution is -0.143. The summed E-state index contributed by atoms with van der Waals surface area (Å²) < 4.78 is 9.76. The number of esters is 1. The number of rotatable bonds is 4. The first-order valence-corrected chi connectivity index (χ1v) is 3.60. The molecule has 1 saturated heterocycles. The molecule has 0 amide bonds. The van der Waals surface area contributed by atoms with Crippen LogP contribution in [0.15, 0.2) is 0 Å². The second kappa shape index (κ2) is 3.56. The van der Waals surface area contributed by atoms with E-state index in [1.165, 1.54) is 0 Å². The van der Waals surface area contributed by atoms with Crippen molar-refractivity contribution in [3.05, 3.63) is 0 Å². The summed E-state index contributed by atoms with van der Waals surface area (Å²) in [7, 11) is 0. The number of carbonyl (C=O) groups excluding carboxylic acids is 1. The van der Waals surface area contributed by atoms with Crippen molar-refractivity contribution in [3.8, 4) is 0 Å². The predicted molar refractivity (Wildman–Crippen MR) is 35.6 cm³/mol. The van der Waals surface area contributed by atoms with Gasteiger partial charge < -0.3 is 9.47 Å². The van der Waals surface area contributed by atoms with E-state index >= 15 is 0 Å². The van der Waals surface area contributed by atoms with Crippen molar-refractivity contribution in [2.75, 3.05) is 13.2 Å². The van der Waals surface area contributed by atoms with Gasteiger partial charge in [-0.05, 0) is 0 Å². The first-order valence-electron chi connectivity index (χ1n) is 3.60. The van der Waals surface area contributed by atoms with Crippen LogP contribution in [0.2, 0.25) is 0 Å². The maximum atomic E-state index is 10.6. The summed E-state index contributed by atoms with van der Waals surface area (Å²) in [5.74, 6) is -0.124. The van der Waals surface area contributed by atoms with E-state index in [4.69, 9.17) is 9.47 Å². The molecule has 0 aliphatic carbocycles. The van der Waals surface area contributed by atoms with Gasteiger partial charge in [0.05, 0.1) is 19.3 Å². The highest BCUT2D eigenvalue weighted by Gasteiger charge is 2.21. The smallest absolute Gasteiger partial charge is 0.305 e. The van der Waals surface area contributed by atoms with Crippen molar-refractivity contribution in [2.24, 2.45) is 0 Å². The SMILES string of the molecule is CCC(=O)OCCC1CO1. The molecule has 1 aliphatic rings. The Morgan fingerprint density at radius 3 is 3.00 bits per heavy atom. The molecule has 0 N–H and O–H groups in total. The Bertz CT molecular complexity index is 118. The van der Waals surface area contributed by atoms with Gasteiger partial charge in [-0.25, -0.2) is 0 Å². The second-order valence-corrected chi connectivity index (χ2v) is 2.32. The summed E-state index contributed by atoms with van der Waals surface area (Å²) in [5, 5.41) is 0. The van der Waals surface area contributed by atoms with E-state index in [1.807, 2.05) is 0 Å². The minimum Gasteiger partial charge on any atom is -0.466 e. The molecule has 1 rings (SSSR count).